The average Bonchev–Trinajstić information content (AvgIpc) is 4.34. The van der Waals surface area contributed by atoms with Gasteiger partial charge in [0.2, 0.25) is 5.91 Å². The number of aliphatic carboxylic acids is 2. The molecule has 12 rings (SSSR count). The van der Waals surface area contributed by atoms with Crippen molar-refractivity contribution in [3.05, 3.63) is 143 Å². The van der Waals surface area contributed by atoms with Gasteiger partial charge in [-0.2, -0.15) is 10.2 Å². The number of H-pyrrole nitrogens is 4. The summed E-state index contributed by atoms with van der Waals surface area (Å²) in [6.45, 7) is 6.42. The summed E-state index contributed by atoms with van der Waals surface area (Å²) in [6.07, 6.45) is 11.4. The number of anilines is 2. The third kappa shape index (κ3) is 12.9. The zero-order valence-corrected chi connectivity index (χ0v) is 42.3. The van der Waals surface area contributed by atoms with Crippen LogP contribution in [-0.2, 0) is 28.7 Å². The topological polar surface area (TPSA) is 348 Å². The number of nitrogens with one attached hydrogen (secondary N) is 8. The molecule has 398 valence electrons. The molecule has 2 aliphatic carbocycles. The van der Waals surface area contributed by atoms with Crippen molar-refractivity contribution in [1.82, 2.24) is 40.8 Å². The standard InChI is InChI=1S/C23H18N6O2.C18H18N6O3.C10H10O2.C2H4O2.C2H2O2/c30-22(15-10-14(15)12-4-2-1-3-5-12)27-13-8-16-19-17(11-26-29-23(16)31)20(28-18(19)9-13)21-24-6-7-25-21;1-18(2,3)27-17(26)22-9-6-10-13-11(8-21-24-16(10)25)14(23-12(13)7-9)15-19-4-5-20-15;11-10(12)9-6-8(9)7-4-2-1-3-5-7;1-2(3)4;3-1-2-4/h1-9,11,14-15,28H,10H2,(H,24,25)(H,27,30)(H,29,31);4-8,23H,1-3H3,(H,19,20)(H,22,26)(H,24,25);1-5,8-9H,6H2,(H,11,12);1H3,(H,3,4);1-2H/t14-,15+;;8-,9+;;/m0.0../s1. The predicted octanol–water partition coefficient (Wildman–Crippen LogP) is 7.71. The molecule has 23 heteroatoms. The van der Waals surface area contributed by atoms with E-state index < -0.39 is 23.6 Å². The Kier molecular flexibility index (Phi) is 16.2. The molecule has 0 spiro atoms. The number of carboxylic acid groups (broad SMARTS) is 2. The molecular weight excluding hydrogens is 1000 g/mol. The minimum Gasteiger partial charge on any atom is -0.481 e. The van der Waals surface area contributed by atoms with Crippen molar-refractivity contribution in [3.63, 3.8) is 0 Å². The van der Waals surface area contributed by atoms with E-state index in [0.29, 0.717) is 50.7 Å². The highest BCUT2D eigenvalue weighted by atomic mass is 16.6. The third-order valence-electron chi connectivity index (χ3n) is 12.2. The molecule has 4 aromatic carbocycles. The van der Waals surface area contributed by atoms with Crippen molar-refractivity contribution in [1.29, 1.82) is 0 Å². The summed E-state index contributed by atoms with van der Waals surface area (Å²) in [7, 11) is 0. The minimum atomic E-state index is -0.833. The maximum absolute atomic E-state index is 12.9. The molecule has 0 saturated heterocycles. The fourth-order valence-corrected chi connectivity index (χ4v) is 8.83. The molecule has 10 N–H and O–H groups in total. The lowest BCUT2D eigenvalue weighted by molar-refractivity contribution is -0.138. The van der Waals surface area contributed by atoms with Crippen molar-refractivity contribution >= 4 is 93.9 Å². The normalized spacial score (nSPS) is 16.9. The first-order chi connectivity index (χ1) is 37.4. The number of nitrogens with zero attached hydrogens (tertiary/aromatic N) is 4. The molecule has 23 nitrogen and oxygen atoms in total. The van der Waals surface area contributed by atoms with Crippen molar-refractivity contribution in [2.75, 3.05) is 10.6 Å². The summed E-state index contributed by atoms with van der Waals surface area (Å²) >= 11 is 0. The number of hydrogen-bond donors (Lipinski definition) is 10. The molecule has 6 heterocycles. The van der Waals surface area contributed by atoms with Gasteiger partial charge in [-0.1, -0.05) is 60.7 Å². The van der Waals surface area contributed by atoms with Crippen LogP contribution in [0.15, 0.2) is 120 Å². The van der Waals surface area contributed by atoms with Gasteiger partial charge in [0.15, 0.2) is 24.2 Å². The monoisotopic (exact) mass is 1060 g/mol. The molecule has 2 fully saturated rings. The molecule has 2 aliphatic heterocycles. The Morgan fingerprint density at radius 1 is 0.654 bits per heavy atom. The number of aldehydes is 2. The molecule has 78 heavy (non-hydrogen) atoms. The molecule has 8 aromatic rings. The Balaban J connectivity index is 0.000000154. The summed E-state index contributed by atoms with van der Waals surface area (Å²) in [4.78, 5) is 108. The number of hydrogen-bond acceptors (Lipinski definition) is 13. The maximum atomic E-state index is 12.9. The number of rotatable bonds is 9. The number of imidazole rings is 2. The summed E-state index contributed by atoms with van der Waals surface area (Å²) in [5, 5.41) is 31.2. The van der Waals surface area contributed by atoms with E-state index in [1.165, 1.54) is 5.56 Å². The van der Waals surface area contributed by atoms with E-state index >= 15 is 0 Å². The second-order valence-corrected chi connectivity index (χ2v) is 19.0. The maximum Gasteiger partial charge on any atom is 0.412 e. The Hall–Kier alpha value is -10.3. The van der Waals surface area contributed by atoms with E-state index in [2.05, 4.69) is 73.7 Å². The molecular formula is C55H52N12O11. The lowest BCUT2D eigenvalue weighted by Crippen LogP contribution is -2.27. The summed E-state index contributed by atoms with van der Waals surface area (Å²) in [5.41, 5.74) is 12.9. The highest BCUT2D eigenvalue weighted by Gasteiger charge is 2.45. The van der Waals surface area contributed by atoms with Crippen LogP contribution in [0.1, 0.15) is 95.3 Å². The van der Waals surface area contributed by atoms with Gasteiger partial charge in [0.05, 0.1) is 40.9 Å². The van der Waals surface area contributed by atoms with Crippen molar-refractivity contribution < 1.29 is 53.3 Å². The minimum absolute atomic E-state index is 0.0382. The molecule has 4 atom stereocenters. The lowest BCUT2D eigenvalue weighted by Gasteiger charge is -2.19. The molecule has 0 unspecified atom stereocenters. The number of carbonyl (C=O) groups excluding carboxylic acids is 6. The first kappa shape index (κ1) is 54.0. The first-order valence-electron chi connectivity index (χ1n) is 24.2. The number of carboxylic acids is 2. The van der Waals surface area contributed by atoms with Crippen LogP contribution in [-0.4, -0.2) is 106 Å². The van der Waals surface area contributed by atoms with E-state index in [0.717, 1.165) is 53.1 Å². The van der Waals surface area contributed by atoms with Gasteiger partial charge in [0.1, 0.15) is 5.60 Å². The second kappa shape index (κ2) is 23.5. The van der Waals surface area contributed by atoms with E-state index in [4.69, 9.17) is 29.3 Å². The van der Waals surface area contributed by atoms with E-state index in [1.807, 2.05) is 54.6 Å². The molecule has 0 radical (unpaired) electrons. The third-order valence-corrected chi connectivity index (χ3v) is 12.2. The fraction of sp³-hybridized carbons (Fsp3) is 0.200. The number of aromatic amines is 4. The zero-order chi connectivity index (χ0) is 55.7. The Bertz CT molecular complexity index is 3590. The molecule has 4 amide bonds. The first-order valence-corrected chi connectivity index (χ1v) is 24.2. The summed E-state index contributed by atoms with van der Waals surface area (Å²) in [6, 6.07) is 26.8. The zero-order valence-electron chi connectivity index (χ0n) is 42.3. The van der Waals surface area contributed by atoms with Crippen LogP contribution in [0.2, 0.25) is 0 Å². The van der Waals surface area contributed by atoms with Crippen molar-refractivity contribution in [3.8, 4) is 23.0 Å². The van der Waals surface area contributed by atoms with Gasteiger partial charge in [-0.15, -0.1) is 0 Å². The van der Waals surface area contributed by atoms with Gasteiger partial charge in [-0.25, -0.2) is 25.6 Å². The van der Waals surface area contributed by atoms with Gasteiger partial charge < -0.3 is 40.2 Å². The van der Waals surface area contributed by atoms with Crippen LogP contribution in [0.3, 0.4) is 0 Å². The Morgan fingerprint density at radius 2 is 1.09 bits per heavy atom. The number of hydrazone groups is 2. The Morgan fingerprint density at radius 3 is 1.49 bits per heavy atom. The quantitative estimate of drug-likeness (QED) is 0.0490. The van der Waals surface area contributed by atoms with Gasteiger partial charge in [-0.05, 0) is 80.8 Å². The van der Waals surface area contributed by atoms with Gasteiger partial charge in [-0.3, -0.25) is 38.9 Å². The van der Waals surface area contributed by atoms with Crippen LogP contribution in [0.4, 0.5) is 16.2 Å². The van der Waals surface area contributed by atoms with Crippen molar-refractivity contribution in [2.24, 2.45) is 22.0 Å². The van der Waals surface area contributed by atoms with Crippen LogP contribution < -0.4 is 21.5 Å². The van der Waals surface area contributed by atoms with Gasteiger partial charge >= 0.3 is 12.1 Å². The number of benzene rings is 4. The van der Waals surface area contributed by atoms with E-state index in [1.54, 1.807) is 76.2 Å². The molecule has 4 aromatic heterocycles. The number of aromatic nitrogens is 6. The van der Waals surface area contributed by atoms with Crippen LogP contribution in [0.5, 0.6) is 0 Å². The average molecular weight is 1060 g/mol. The predicted molar refractivity (Wildman–Crippen MR) is 288 cm³/mol. The highest BCUT2D eigenvalue weighted by molar-refractivity contribution is 6.19. The molecule has 0 bridgehead atoms. The van der Waals surface area contributed by atoms with Crippen LogP contribution in [0, 0.1) is 11.8 Å². The SMILES string of the molecule is CC(=O)O.CC(C)(C)OC(=O)Nc1cc2c3c(c(-c4ncc[nH]4)[nH]c3c1)C=NNC2=O.O=C(O)[C@@H]1C[C@H]1c1ccccc1.O=C1NN=Cc2c(-c3ncc[nH]3)[nH]c3cc(NC(=O)[C@@H]4C[C@H]4c4ccccc4)cc1c23.O=CC=O. The number of amides is 4. The van der Waals surface area contributed by atoms with Crippen LogP contribution >= 0.6 is 0 Å². The van der Waals surface area contributed by atoms with Gasteiger partial charge in [0, 0.05) is 81.9 Å². The fourth-order valence-electron chi connectivity index (χ4n) is 8.83. The highest BCUT2D eigenvalue weighted by Crippen LogP contribution is 2.49. The van der Waals surface area contributed by atoms with E-state index in [9.17, 15) is 24.0 Å². The van der Waals surface area contributed by atoms with Crippen LogP contribution in [0.25, 0.3) is 44.8 Å². The largest absolute Gasteiger partial charge is 0.481 e. The van der Waals surface area contributed by atoms with E-state index in [-0.39, 0.29) is 54.0 Å². The number of carbonyl (C=O) groups is 8. The molecule has 2 saturated carbocycles. The second-order valence-electron chi connectivity index (χ2n) is 19.0. The number of ether oxygens (including phenoxy) is 1. The van der Waals surface area contributed by atoms with Crippen molar-refractivity contribution in [2.45, 2.75) is 58.0 Å². The summed E-state index contributed by atoms with van der Waals surface area (Å²) in [5.74, 6) is -0.647. The smallest absolute Gasteiger partial charge is 0.412 e. The summed E-state index contributed by atoms with van der Waals surface area (Å²) < 4.78 is 5.28. The lowest BCUT2D eigenvalue weighted by atomic mass is 10.0. The van der Waals surface area contributed by atoms with Gasteiger partial charge in [0.25, 0.3) is 17.8 Å². The Labute approximate surface area is 443 Å². The molecule has 4 aliphatic rings.